The molecular weight excluding hydrogens is 321 g/mol. The van der Waals surface area contributed by atoms with Crippen LogP contribution in [0.3, 0.4) is 0 Å². The van der Waals surface area contributed by atoms with Crippen LogP contribution in [0.1, 0.15) is 49.4 Å². The molecule has 0 spiro atoms. The first-order valence-electron chi connectivity index (χ1n) is 8.90. The molecule has 0 saturated carbocycles. The highest BCUT2D eigenvalue weighted by molar-refractivity contribution is 6.31. The van der Waals surface area contributed by atoms with E-state index in [0.29, 0.717) is 19.0 Å². The van der Waals surface area contributed by atoms with E-state index in [-0.39, 0.29) is 5.82 Å². The van der Waals surface area contributed by atoms with Crippen LogP contribution in [0.5, 0.6) is 0 Å². The number of benzene rings is 2. The van der Waals surface area contributed by atoms with Crippen molar-refractivity contribution in [1.29, 1.82) is 0 Å². The molecule has 0 aliphatic carbocycles. The highest BCUT2D eigenvalue weighted by Gasteiger charge is 2.10. The molecule has 0 radical (unpaired) electrons. The summed E-state index contributed by atoms with van der Waals surface area (Å²) in [6.07, 6.45) is 3.48. The molecule has 6 rings (SSSR count). The Morgan fingerprint density at radius 2 is 1.62 bits per heavy atom. The van der Waals surface area contributed by atoms with Gasteiger partial charge < -0.3 is 5.32 Å². The van der Waals surface area contributed by atoms with E-state index in [1.165, 1.54) is 5.56 Å². The Morgan fingerprint density at radius 1 is 0.958 bits per heavy atom. The van der Waals surface area contributed by atoms with Crippen LogP contribution < -0.4 is 5.32 Å². The summed E-state index contributed by atoms with van der Waals surface area (Å²) in [7, 11) is 0. The molecule has 130 valence electrons. The van der Waals surface area contributed by atoms with Gasteiger partial charge in [-0.05, 0) is 67.0 Å². The monoisotopic (exact) mass is 347 g/mol. The van der Waals surface area contributed by atoms with Gasteiger partial charge >= 0.3 is 0 Å². The second-order valence-electron chi connectivity index (χ2n) is 6.17. The first-order chi connectivity index (χ1) is 11.6. The summed E-state index contributed by atoms with van der Waals surface area (Å²) in [5, 5.41) is 4.26. The summed E-state index contributed by atoms with van der Waals surface area (Å²) >= 11 is 6.39. The summed E-state index contributed by atoms with van der Waals surface area (Å²) in [6, 6.07) is 12.2. The Kier molecular flexibility index (Phi) is 7.26. The molecule has 4 aliphatic rings. The van der Waals surface area contributed by atoms with Crippen molar-refractivity contribution in [2.45, 2.75) is 59.0 Å². The van der Waals surface area contributed by atoms with Gasteiger partial charge in [-0.2, -0.15) is 0 Å². The average molecular weight is 348 g/mol. The molecule has 0 aromatic heterocycles. The maximum absolute atomic E-state index is 14.2. The summed E-state index contributed by atoms with van der Waals surface area (Å²) < 4.78 is 14.2. The van der Waals surface area contributed by atoms with Gasteiger partial charge in [0.2, 0.25) is 0 Å². The summed E-state index contributed by atoms with van der Waals surface area (Å²) in [4.78, 5) is 0. The van der Waals surface area contributed by atoms with Crippen molar-refractivity contribution in [2.75, 3.05) is 0 Å². The smallest absolute Gasteiger partial charge is 0.126 e. The number of nitrogens with one attached hydrogen (secondary N) is 1. The summed E-state index contributed by atoms with van der Waals surface area (Å²) in [6.45, 7) is 6.87. The lowest BCUT2D eigenvalue weighted by Gasteiger charge is -2.14. The number of halogens is 2. The van der Waals surface area contributed by atoms with Crippen molar-refractivity contribution in [3.05, 3.63) is 69.5 Å². The van der Waals surface area contributed by atoms with Crippen LogP contribution in [0.2, 0.25) is 5.02 Å². The van der Waals surface area contributed by atoms with E-state index < -0.39 is 0 Å². The van der Waals surface area contributed by atoms with Gasteiger partial charge in [0.15, 0.2) is 0 Å². The number of hydrogen-bond acceptors (Lipinski definition) is 1. The average Bonchev–Trinajstić information content (AvgIpc) is 2.60. The van der Waals surface area contributed by atoms with E-state index in [0.717, 1.165) is 41.0 Å². The van der Waals surface area contributed by atoms with E-state index in [9.17, 15) is 4.39 Å². The highest BCUT2D eigenvalue weighted by Crippen LogP contribution is 2.22. The van der Waals surface area contributed by atoms with Gasteiger partial charge in [0.05, 0.1) is 0 Å². The SMILES string of the molecule is CC.CC1CCc2ccc(c(Cl)c2)CCc2ccc(cc2F)CN1. The zero-order chi connectivity index (χ0) is 17.5. The Labute approximate surface area is 150 Å². The van der Waals surface area contributed by atoms with Crippen LogP contribution in [0, 0.1) is 5.82 Å². The number of hydrogen-bond donors (Lipinski definition) is 1. The molecule has 4 aliphatic heterocycles. The molecular formula is C21H27ClFN. The topological polar surface area (TPSA) is 12.0 Å². The third kappa shape index (κ3) is 5.06. The fourth-order valence-corrected chi connectivity index (χ4v) is 3.20. The maximum atomic E-state index is 14.2. The molecule has 0 saturated heterocycles. The van der Waals surface area contributed by atoms with E-state index in [1.54, 1.807) is 6.07 Å². The Balaban J connectivity index is 0.00000100. The lowest BCUT2D eigenvalue weighted by atomic mass is 10.0. The number of aryl methyl sites for hydroxylation is 3. The number of rotatable bonds is 0. The molecule has 2 aromatic rings. The molecule has 2 aromatic carbocycles. The fraction of sp³-hybridized carbons (Fsp3) is 0.429. The van der Waals surface area contributed by atoms with Gasteiger partial charge in [-0.25, -0.2) is 4.39 Å². The van der Waals surface area contributed by atoms with Gasteiger partial charge in [-0.3, -0.25) is 0 Å². The van der Waals surface area contributed by atoms with Gasteiger partial charge in [0.1, 0.15) is 5.82 Å². The second-order valence-corrected chi connectivity index (χ2v) is 6.58. The lowest BCUT2D eigenvalue weighted by molar-refractivity contribution is 0.512. The van der Waals surface area contributed by atoms with E-state index in [1.807, 2.05) is 26.0 Å². The predicted molar refractivity (Wildman–Crippen MR) is 101 cm³/mol. The van der Waals surface area contributed by atoms with Gasteiger partial charge in [0.25, 0.3) is 0 Å². The molecule has 1 nitrogen and oxygen atoms in total. The molecule has 0 amide bonds. The molecule has 1 unspecified atom stereocenters. The van der Waals surface area contributed by atoms with Crippen molar-refractivity contribution in [2.24, 2.45) is 0 Å². The van der Waals surface area contributed by atoms with Crippen molar-refractivity contribution < 1.29 is 4.39 Å². The quantitative estimate of drug-likeness (QED) is 0.643. The minimum atomic E-state index is -0.116. The largest absolute Gasteiger partial charge is 0.310 e. The van der Waals surface area contributed by atoms with Crippen LogP contribution in [-0.4, -0.2) is 6.04 Å². The van der Waals surface area contributed by atoms with Crippen LogP contribution in [0.15, 0.2) is 36.4 Å². The summed E-state index contributed by atoms with van der Waals surface area (Å²) in [5.74, 6) is -0.116. The molecule has 4 heterocycles. The minimum Gasteiger partial charge on any atom is -0.310 e. The van der Waals surface area contributed by atoms with Crippen LogP contribution in [-0.2, 0) is 25.8 Å². The standard InChI is InChI=1S/C19H21ClFN.C2H6/c1-13-2-3-14-4-6-16(18(20)10-14)8-9-17-7-5-15(12-22-13)11-19(17)21;1-2/h4-7,10-11,13,22H,2-3,8-9,12H2,1H3;1-2H3. The van der Waals surface area contributed by atoms with Gasteiger partial charge in [0, 0.05) is 17.6 Å². The first-order valence-corrected chi connectivity index (χ1v) is 9.27. The highest BCUT2D eigenvalue weighted by atomic mass is 35.5. The van der Waals surface area contributed by atoms with Crippen LogP contribution in [0.4, 0.5) is 4.39 Å². The summed E-state index contributed by atoms with van der Waals surface area (Å²) in [5.41, 5.74) is 4.12. The Bertz CT molecular complexity index is 611. The van der Waals surface area contributed by atoms with Crippen molar-refractivity contribution in [1.82, 2.24) is 5.32 Å². The molecule has 1 atom stereocenters. The van der Waals surface area contributed by atoms with Gasteiger partial charge in [-0.15, -0.1) is 0 Å². The van der Waals surface area contributed by atoms with Crippen molar-refractivity contribution >= 4 is 11.6 Å². The Hall–Kier alpha value is -1.38. The third-order valence-corrected chi connectivity index (χ3v) is 4.77. The Morgan fingerprint density at radius 3 is 2.33 bits per heavy atom. The predicted octanol–water partition coefficient (Wildman–Crippen LogP) is 5.71. The molecule has 24 heavy (non-hydrogen) atoms. The molecule has 4 bridgehead atoms. The molecule has 1 N–H and O–H groups in total. The zero-order valence-electron chi connectivity index (χ0n) is 14.8. The molecule has 0 fully saturated rings. The molecule has 3 heteroatoms. The minimum absolute atomic E-state index is 0.116. The van der Waals surface area contributed by atoms with Crippen molar-refractivity contribution in [3.8, 4) is 0 Å². The second kappa shape index (κ2) is 9.19. The van der Waals surface area contributed by atoms with E-state index in [2.05, 4.69) is 30.4 Å². The van der Waals surface area contributed by atoms with E-state index in [4.69, 9.17) is 11.6 Å². The zero-order valence-corrected chi connectivity index (χ0v) is 15.6. The van der Waals surface area contributed by atoms with Crippen LogP contribution in [0.25, 0.3) is 0 Å². The van der Waals surface area contributed by atoms with Crippen molar-refractivity contribution in [3.63, 3.8) is 0 Å². The fourth-order valence-electron chi connectivity index (χ4n) is 2.90. The maximum Gasteiger partial charge on any atom is 0.126 e. The third-order valence-electron chi connectivity index (χ3n) is 4.42. The van der Waals surface area contributed by atoms with Gasteiger partial charge in [-0.1, -0.05) is 49.7 Å². The van der Waals surface area contributed by atoms with E-state index >= 15 is 0 Å². The first kappa shape index (κ1) is 19.0. The normalized spacial score (nSPS) is 17.6. The van der Waals surface area contributed by atoms with Crippen LogP contribution >= 0.6 is 11.6 Å². The lowest BCUT2D eigenvalue weighted by Crippen LogP contribution is -2.26.